The number of rotatable bonds is 8. The fourth-order valence-corrected chi connectivity index (χ4v) is 7.56. The molecule has 0 aromatic heterocycles. The van der Waals surface area contributed by atoms with Gasteiger partial charge in [-0.3, -0.25) is 14.5 Å². The van der Waals surface area contributed by atoms with Gasteiger partial charge >= 0.3 is 0 Å². The molecule has 2 aliphatic heterocycles. The first-order valence-electron chi connectivity index (χ1n) is 14.9. The van der Waals surface area contributed by atoms with Crippen molar-refractivity contribution in [3.8, 4) is 5.75 Å². The van der Waals surface area contributed by atoms with Gasteiger partial charge in [0, 0.05) is 19.1 Å². The van der Waals surface area contributed by atoms with Gasteiger partial charge in [-0.2, -0.15) is 0 Å². The summed E-state index contributed by atoms with van der Waals surface area (Å²) in [5.41, 5.74) is 4.97. The number of amides is 2. The van der Waals surface area contributed by atoms with Crippen LogP contribution >= 0.6 is 0 Å². The number of aromatic hydroxyl groups is 1. The molecule has 216 valence electrons. The Balaban J connectivity index is 1.26. The molecule has 2 aliphatic carbocycles. The lowest BCUT2D eigenvalue weighted by Gasteiger charge is -2.31. The van der Waals surface area contributed by atoms with Crippen LogP contribution in [0.1, 0.15) is 62.5 Å². The van der Waals surface area contributed by atoms with Crippen LogP contribution < -0.4 is 0 Å². The molecule has 2 aromatic carbocycles. The highest BCUT2D eigenvalue weighted by atomic mass is 19.1. The van der Waals surface area contributed by atoms with Gasteiger partial charge in [-0.25, -0.2) is 4.39 Å². The summed E-state index contributed by atoms with van der Waals surface area (Å²) < 4.78 is 26.1. The summed E-state index contributed by atoms with van der Waals surface area (Å²) in [5, 5.41) is 9.64. The highest BCUT2D eigenvalue weighted by Gasteiger charge is 2.58. The van der Waals surface area contributed by atoms with Crippen molar-refractivity contribution in [3.63, 3.8) is 0 Å². The number of hydrogen-bond donors (Lipinski definition) is 1. The van der Waals surface area contributed by atoms with Crippen LogP contribution in [0.5, 0.6) is 5.75 Å². The molecule has 1 N–H and O–H groups in total. The Labute approximate surface area is 240 Å². The Hall–Kier alpha value is -3.29. The summed E-state index contributed by atoms with van der Waals surface area (Å²) >= 11 is 0. The van der Waals surface area contributed by atoms with Crippen LogP contribution in [-0.2, 0) is 19.1 Å². The third kappa shape index (κ3) is 5.38. The molecule has 6 rings (SSSR count). The standard InChI is InChI=1S/C34H38FNO5/c1-40-19-24-18-26-32(34(39)36(33(26)38)25-10-6-3-7-11-25)27-20-41-30(31(24)27)15-13-23(22-8-4-2-5-9-22)16-21-12-14-29(37)28(35)17-21/h2,4-5,8-9,12,14,16-17,25-27,30,32,37H,3,6-7,10-11,13,15,18-20H2,1H3/b23-16-/t26-,27+,30-,32-/m1/s1. The first-order chi connectivity index (χ1) is 20.0. The van der Waals surface area contributed by atoms with E-state index in [1.807, 2.05) is 36.4 Å². The second kappa shape index (κ2) is 11.9. The molecule has 1 saturated carbocycles. The first-order valence-corrected chi connectivity index (χ1v) is 14.9. The molecular weight excluding hydrogens is 521 g/mol. The SMILES string of the molecule is COCC1=C2[C@@H](CC/C(=C/c3ccc(O)c(F)c3)c3ccccc3)OC[C@@H]2[C@@H]2C(=O)N(C3CCCCC3)C(=O)[C@@H]2C1. The summed E-state index contributed by atoms with van der Waals surface area (Å²) in [6.07, 6.45) is 8.80. The number of carbonyl (C=O) groups is 2. The lowest BCUT2D eigenvalue weighted by Crippen LogP contribution is -2.42. The van der Waals surface area contributed by atoms with E-state index in [2.05, 4.69) is 0 Å². The number of benzene rings is 2. The van der Waals surface area contributed by atoms with E-state index in [1.165, 1.54) is 18.6 Å². The molecule has 6 nitrogen and oxygen atoms in total. The molecule has 2 amide bonds. The van der Waals surface area contributed by atoms with E-state index < -0.39 is 5.82 Å². The molecule has 0 spiro atoms. The average molecular weight is 560 g/mol. The number of hydrogen-bond acceptors (Lipinski definition) is 5. The molecule has 0 radical (unpaired) electrons. The number of methoxy groups -OCH3 is 1. The molecule has 4 aliphatic rings. The van der Waals surface area contributed by atoms with Crippen LogP contribution in [0.3, 0.4) is 0 Å². The van der Waals surface area contributed by atoms with Crippen LogP contribution in [0.25, 0.3) is 11.6 Å². The van der Waals surface area contributed by atoms with Crippen molar-refractivity contribution in [3.05, 3.63) is 76.6 Å². The average Bonchev–Trinajstić information content (AvgIpc) is 3.52. The van der Waals surface area contributed by atoms with Gasteiger partial charge in [-0.1, -0.05) is 61.7 Å². The Bertz CT molecular complexity index is 1360. The van der Waals surface area contributed by atoms with Crippen LogP contribution in [0.2, 0.25) is 0 Å². The van der Waals surface area contributed by atoms with E-state index >= 15 is 0 Å². The van der Waals surface area contributed by atoms with Crippen LogP contribution in [0, 0.1) is 23.6 Å². The van der Waals surface area contributed by atoms with Gasteiger partial charge in [-0.05, 0) is 72.1 Å². The lowest BCUT2D eigenvalue weighted by atomic mass is 9.69. The number of fused-ring (bicyclic) bond motifs is 3. The van der Waals surface area contributed by atoms with E-state index in [0.29, 0.717) is 38.0 Å². The first kappa shape index (κ1) is 27.9. The zero-order valence-corrected chi connectivity index (χ0v) is 23.6. The lowest BCUT2D eigenvalue weighted by molar-refractivity contribution is -0.143. The highest BCUT2D eigenvalue weighted by Crippen LogP contribution is 2.51. The number of halogens is 1. The van der Waals surface area contributed by atoms with Gasteiger partial charge in [0.05, 0.1) is 31.2 Å². The maximum absolute atomic E-state index is 14.1. The molecule has 0 unspecified atom stereocenters. The van der Waals surface area contributed by atoms with Gasteiger partial charge in [0.25, 0.3) is 0 Å². The summed E-state index contributed by atoms with van der Waals surface area (Å²) in [4.78, 5) is 29.0. The summed E-state index contributed by atoms with van der Waals surface area (Å²) in [6, 6.07) is 14.4. The van der Waals surface area contributed by atoms with Crippen molar-refractivity contribution >= 4 is 23.5 Å². The minimum atomic E-state index is -0.655. The predicted octanol–water partition coefficient (Wildman–Crippen LogP) is 6.15. The number of ether oxygens (including phenoxy) is 2. The summed E-state index contributed by atoms with van der Waals surface area (Å²) in [5.74, 6) is -1.82. The zero-order chi connectivity index (χ0) is 28.5. The number of imide groups is 1. The zero-order valence-electron chi connectivity index (χ0n) is 23.6. The van der Waals surface area contributed by atoms with Gasteiger partial charge in [0.1, 0.15) is 0 Å². The van der Waals surface area contributed by atoms with E-state index in [-0.39, 0.29) is 47.5 Å². The van der Waals surface area contributed by atoms with Gasteiger partial charge < -0.3 is 14.6 Å². The highest BCUT2D eigenvalue weighted by molar-refractivity contribution is 6.06. The third-order valence-corrected chi connectivity index (χ3v) is 9.43. The van der Waals surface area contributed by atoms with Gasteiger partial charge in [0.2, 0.25) is 11.8 Å². The summed E-state index contributed by atoms with van der Waals surface area (Å²) in [7, 11) is 1.67. The predicted molar refractivity (Wildman–Crippen MR) is 154 cm³/mol. The van der Waals surface area contributed by atoms with E-state index in [9.17, 15) is 19.1 Å². The molecule has 2 saturated heterocycles. The Morgan fingerprint density at radius 3 is 2.59 bits per heavy atom. The largest absolute Gasteiger partial charge is 0.505 e. The number of phenols is 1. The fourth-order valence-electron chi connectivity index (χ4n) is 7.56. The van der Waals surface area contributed by atoms with Crippen LogP contribution in [0.4, 0.5) is 4.39 Å². The smallest absolute Gasteiger partial charge is 0.234 e. The third-order valence-electron chi connectivity index (χ3n) is 9.43. The molecule has 3 fully saturated rings. The number of carbonyl (C=O) groups excluding carboxylic acids is 2. The molecule has 0 bridgehead atoms. The number of phenolic OH excluding ortho intramolecular Hbond substituents is 1. The Kier molecular flexibility index (Phi) is 8.09. The number of allylic oxidation sites excluding steroid dienone is 1. The quantitative estimate of drug-likeness (QED) is 0.239. The molecule has 41 heavy (non-hydrogen) atoms. The monoisotopic (exact) mass is 559 g/mol. The minimum Gasteiger partial charge on any atom is -0.505 e. The topological polar surface area (TPSA) is 76.1 Å². The maximum atomic E-state index is 14.1. The summed E-state index contributed by atoms with van der Waals surface area (Å²) in [6.45, 7) is 0.855. The normalized spacial score (nSPS) is 27.0. The van der Waals surface area contributed by atoms with Crippen molar-refractivity contribution < 1.29 is 28.6 Å². The van der Waals surface area contributed by atoms with Crippen molar-refractivity contribution in [2.24, 2.45) is 17.8 Å². The number of nitrogens with zero attached hydrogens (tertiary/aromatic N) is 1. The Morgan fingerprint density at radius 1 is 1.07 bits per heavy atom. The van der Waals surface area contributed by atoms with Crippen molar-refractivity contribution in [1.29, 1.82) is 0 Å². The molecule has 4 atom stereocenters. The van der Waals surface area contributed by atoms with Crippen LogP contribution in [0.15, 0.2) is 59.7 Å². The minimum absolute atomic E-state index is 0.00145. The van der Waals surface area contributed by atoms with Gasteiger partial charge in [-0.15, -0.1) is 0 Å². The second-order valence-corrected chi connectivity index (χ2v) is 11.9. The van der Waals surface area contributed by atoms with Crippen molar-refractivity contribution in [2.45, 2.75) is 63.5 Å². The Morgan fingerprint density at radius 2 is 1.85 bits per heavy atom. The maximum Gasteiger partial charge on any atom is 0.234 e. The van der Waals surface area contributed by atoms with Crippen LogP contribution in [-0.4, -0.2) is 54.3 Å². The molecular formula is C34H38FNO5. The van der Waals surface area contributed by atoms with E-state index in [0.717, 1.165) is 48.0 Å². The van der Waals surface area contributed by atoms with Crippen molar-refractivity contribution in [1.82, 2.24) is 4.90 Å². The van der Waals surface area contributed by atoms with Crippen molar-refractivity contribution in [2.75, 3.05) is 20.3 Å². The number of likely N-dealkylation sites (tertiary alicyclic amines) is 1. The second-order valence-electron chi connectivity index (χ2n) is 11.9. The molecule has 2 aromatic rings. The fraction of sp³-hybridized carbons (Fsp3) is 0.471. The molecule has 2 heterocycles. The van der Waals surface area contributed by atoms with E-state index in [1.54, 1.807) is 18.1 Å². The van der Waals surface area contributed by atoms with E-state index in [4.69, 9.17) is 9.47 Å². The molecule has 7 heteroatoms. The van der Waals surface area contributed by atoms with Gasteiger partial charge in [0.15, 0.2) is 11.6 Å².